The predicted octanol–water partition coefficient (Wildman–Crippen LogP) is 6.53. The van der Waals surface area contributed by atoms with Gasteiger partial charge >= 0.3 is 0 Å². The van der Waals surface area contributed by atoms with Crippen LogP contribution in [0.5, 0.6) is 0 Å². The van der Waals surface area contributed by atoms with Gasteiger partial charge in [-0.1, -0.05) is 17.7 Å². The van der Waals surface area contributed by atoms with Crippen LogP contribution in [0, 0.1) is 6.92 Å². The van der Waals surface area contributed by atoms with Crippen molar-refractivity contribution >= 4 is 56.3 Å². The minimum atomic E-state index is -0.178. The number of aryl methyl sites for hydroxylation is 3. The molecular formula is C24H21ClN4OS. The third kappa shape index (κ3) is 4.01. The molecule has 2 aromatic carbocycles. The van der Waals surface area contributed by atoms with Gasteiger partial charge in [0.15, 0.2) is 0 Å². The largest absolute Gasteiger partial charge is 0.339 e. The molecule has 2 heterocycles. The van der Waals surface area contributed by atoms with Crippen LogP contribution in [0.1, 0.15) is 39.2 Å². The van der Waals surface area contributed by atoms with Gasteiger partial charge in [-0.25, -0.2) is 9.97 Å². The topological polar surface area (TPSA) is 66.9 Å². The van der Waals surface area contributed by atoms with E-state index in [1.165, 1.54) is 23.3 Å². The molecule has 2 N–H and O–H groups in total. The summed E-state index contributed by atoms with van der Waals surface area (Å²) in [5.74, 6) is 0.650. The van der Waals surface area contributed by atoms with E-state index in [1.54, 1.807) is 41.9 Å². The van der Waals surface area contributed by atoms with E-state index in [9.17, 15) is 4.79 Å². The van der Waals surface area contributed by atoms with Crippen LogP contribution in [0.3, 0.4) is 0 Å². The van der Waals surface area contributed by atoms with Crippen LogP contribution in [0.15, 0.2) is 48.8 Å². The summed E-state index contributed by atoms with van der Waals surface area (Å²) in [6, 6.07) is 12.7. The number of thiophene rings is 1. The van der Waals surface area contributed by atoms with Gasteiger partial charge < -0.3 is 10.6 Å². The number of rotatable bonds is 4. The Balaban J connectivity index is 1.44. The van der Waals surface area contributed by atoms with Gasteiger partial charge in [0.05, 0.1) is 5.39 Å². The van der Waals surface area contributed by atoms with E-state index in [0.717, 1.165) is 40.1 Å². The van der Waals surface area contributed by atoms with Crippen LogP contribution in [0.4, 0.5) is 17.2 Å². The fourth-order valence-electron chi connectivity index (χ4n) is 3.95. The highest BCUT2D eigenvalue weighted by atomic mass is 35.5. The lowest BCUT2D eigenvalue weighted by molar-refractivity contribution is 0.102. The molecule has 0 unspecified atom stereocenters. The average Bonchev–Trinajstić information content (AvgIpc) is 3.16. The Kier molecular flexibility index (Phi) is 5.34. The molecule has 0 fully saturated rings. The molecule has 156 valence electrons. The molecule has 0 saturated heterocycles. The normalized spacial score (nSPS) is 13.1. The maximum absolute atomic E-state index is 12.6. The minimum Gasteiger partial charge on any atom is -0.339 e. The van der Waals surface area contributed by atoms with Gasteiger partial charge in [0.2, 0.25) is 0 Å². The molecule has 0 aliphatic heterocycles. The van der Waals surface area contributed by atoms with Crippen LogP contribution in [0.2, 0.25) is 5.02 Å². The second-order valence-corrected chi connectivity index (χ2v) is 9.25. The van der Waals surface area contributed by atoms with Crippen LogP contribution in [-0.2, 0) is 12.8 Å². The van der Waals surface area contributed by atoms with Crippen LogP contribution in [-0.4, -0.2) is 15.9 Å². The van der Waals surface area contributed by atoms with Crippen molar-refractivity contribution in [1.82, 2.24) is 9.97 Å². The molecule has 2 aromatic heterocycles. The van der Waals surface area contributed by atoms with Crippen molar-refractivity contribution in [3.63, 3.8) is 0 Å². The molecule has 0 saturated carbocycles. The molecule has 5 nitrogen and oxygen atoms in total. The van der Waals surface area contributed by atoms with E-state index in [-0.39, 0.29) is 5.91 Å². The molecule has 4 aromatic rings. The molecule has 7 heteroatoms. The average molecular weight is 449 g/mol. The summed E-state index contributed by atoms with van der Waals surface area (Å²) in [5, 5.41) is 8.20. The number of benzene rings is 2. The summed E-state index contributed by atoms with van der Waals surface area (Å²) in [6.45, 7) is 2.04. The molecular weight excluding hydrogens is 428 g/mol. The Morgan fingerprint density at radius 3 is 2.71 bits per heavy atom. The van der Waals surface area contributed by atoms with Gasteiger partial charge in [0.1, 0.15) is 17.0 Å². The first-order chi connectivity index (χ1) is 15.1. The summed E-state index contributed by atoms with van der Waals surface area (Å²) in [7, 11) is 0. The summed E-state index contributed by atoms with van der Waals surface area (Å²) in [6.07, 6.45) is 6.27. The van der Waals surface area contributed by atoms with Gasteiger partial charge in [-0.2, -0.15) is 0 Å². The lowest BCUT2D eigenvalue weighted by Gasteiger charge is -2.14. The number of nitrogens with zero attached hydrogens (tertiary/aromatic N) is 2. The predicted molar refractivity (Wildman–Crippen MR) is 128 cm³/mol. The monoisotopic (exact) mass is 448 g/mol. The van der Waals surface area contributed by atoms with Crippen molar-refractivity contribution in [2.24, 2.45) is 0 Å². The maximum atomic E-state index is 12.6. The number of nitrogens with one attached hydrogen (secondary N) is 2. The van der Waals surface area contributed by atoms with Gasteiger partial charge in [-0.15, -0.1) is 11.3 Å². The molecule has 31 heavy (non-hydrogen) atoms. The van der Waals surface area contributed by atoms with Crippen molar-refractivity contribution in [2.45, 2.75) is 32.6 Å². The van der Waals surface area contributed by atoms with Crippen molar-refractivity contribution in [3.05, 3.63) is 75.4 Å². The Labute approximate surface area is 189 Å². The zero-order chi connectivity index (χ0) is 21.4. The molecule has 0 bridgehead atoms. The van der Waals surface area contributed by atoms with Crippen molar-refractivity contribution in [3.8, 4) is 0 Å². The third-order valence-corrected chi connectivity index (χ3v) is 7.06. The van der Waals surface area contributed by atoms with Crippen LogP contribution in [0.25, 0.3) is 10.2 Å². The van der Waals surface area contributed by atoms with E-state index in [2.05, 4.69) is 20.6 Å². The zero-order valence-electron chi connectivity index (χ0n) is 17.0. The molecule has 0 atom stereocenters. The molecule has 1 aliphatic carbocycles. The lowest BCUT2D eigenvalue weighted by atomic mass is 9.97. The van der Waals surface area contributed by atoms with Gasteiger partial charge in [-0.05, 0) is 80.1 Å². The fraction of sp³-hybridized carbons (Fsp3) is 0.208. The highest BCUT2D eigenvalue weighted by Gasteiger charge is 2.20. The SMILES string of the molecule is Cc1ccc(NC(=O)c2ccc(Cl)cc2)cc1Nc1ncnc2sc3c(c12)CCCC3. The first-order valence-corrected chi connectivity index (χ1v) is 11.5. The van der Waals surface area contributed by atoms with Gasteiger partial charge in [-0.3, -0.25) is 4.79 Å². The summed E-state index contributed by atoms with van der Waals surface area (Å²) in [4.78, 5) is 24.1. The van der Waals surface area contributed by atoms with Gasteiger partial charge in [0, 0.05) is 26.8 Å². The second kappa shape index (κ2) is 8.29. The minimum absolute atomic E-state index is 0.178. The summed E-state index contributed by atoms with van der Waals surface area (Å²) in [5.41, 5.74) is 4.64. The summed E-state index contributed by atoms with van der Waals surface area (Å²) < 4.78 is 0. The fourth-order valence-corrected chi connectivity index (χ4v) is 5.31. The Morgan fingerprint density at radius 1 is 1.06 bits per heavy atom. The zero-order valence-corrected chi connectivity index (χ0v) is 18.6. The van der Waals surface area contributed by atoms with E-state index >= 15 is 0 Å². The molecule has 1 aliphatic rings. The van der Waals surface area contributed by atoms with E-state index in [1.807, 2.05) is 25.1 Å². The Bertz CT molecular complexity index is 1280. The van der Waals surface area contributed by atoms with Crippen molar-refractivity contribution < 1.29 is 4.79 Å². The summed E-state index contributed by atoms with van der Waals surface area (Å²) >= 11 is 7.70. The standard InChI is InChI=1S/C24H21ClN4OS/c1-14-6-11-17(28-23(30)15-7-9-16(25)10-8-15)12-19(14)29-22-21-18-4-2-3-5-20(18)31-24(21)27-13-26-22/h6-13H,2-5H2,1H3,(H,28,30)(H,26,27,29). The highest BCUT2D eigenvalue weighted by Crippen LogP contribution is 2.39. The number of fused-ring (bicyclic) bond motifs is 3. The quantitative estimate of drug-likeness (QED) is 0.372. The van der Waals surface area contributed by atoms with E-state index < -0.39 is 0 Å². The number of anilines is 3. The number of aromatic nitrogens is 2. The molecule has 1 amide bonds. The maximum Gasteiger partial charge on any atom is 0.255 e. The van der Waals surface area contributed by atoms with Gasteiger partial charge in [0.25, 0.3) is 5.91 Å². The smallest absolute Gasteiger partial charge is 0.255 e. The Morgan fingerprint density at radius 2 is 1.87 bits per heavy atom. The first-order valence-electron chi connectivity index (χ1n) is 10.3. The number of carbonyl (C=O) groups excluding carboxylic acids is 1. The number of hydrogen-bond acceptors (Lipinski definition) is 5. The third-order valence-electron chi connectivity index (χ3n) is 5.61. The highest BCUT2D eigenvalue weighted by molar-refractivity contribution is 7.19. The molecule has 0 radical (unpaired) electrons. The van der Waals surface area contributed by atoms with Crippen molar-refractivity contribution in [2.75, 3.05) is 10.6 Å². The van der Waals surface area contributed by atoms with Crippen LogP contribution >= 0.6 is 22.9 Å². The van der Waals surface area contributed by atoms with Crippen molar-refractivity contribution in [1.29, 1.82) is 0 Å². The lowest BCUT2D eigenvalue weighted by Crippen LogP contribution is -2.12. The van der Waals surface area contributed by atoms with E-state index in [4.69, 9.17) is 11.6 Å². The van der Waals surface area contributed by atoms with Crippen LogP contribution < -0.4 is 10.6 Å². The second-order valence-electron chi connectivity index (χ2n) is 7.73. The number of halogens is 1. The number of hydrogen-bond donors (Lipinski definition) is 2. The molecule has 5 rings (SSSR count). The number of carbonyl (C=O) groups is 1. The number of amides is 1. The Hall–Kier alpha value is -2.96. The molecule has 0 spiro atoms. The van der Waals surface area contributed by atoms with E-state index in [0.29, 0.717) is 16.3 Å². The first kappa shape index (κ1) is 20.0.